The van der Waals surface area contributed by atoms with Gasteiger partial charge in [-0.05, 0) is 38.1 Å². The summed E-state index contributed by atoms with van der Waals surface area (Å²) >= 11 is 0. The van der Waals surface area contributed by atoms with Crippen LogP contribution in [0, 0.1) is 0 Å². The first-order chi connectivity index (χ1) is 9.49. The number of hydrogen-bond donors (Lipinski definition) is 1. The minimum absolute atomic E-state index is 0.535. The Morgan fingerprint density at radius 1 is 1.25 bits per heavy atom. The number of pyridine rings is 1. The van der Waals surface area contributed by atoms with Gasteiger partial charge in [-0.3, -0.25) is 9.88 Å². The van der Waals surface area contributed by atoms with Crippen molar-refractivity contribution >= 4 is 0 Å². The van der Waals surface area contributed by atoms with E-state index in [0.29, 0.717) is 18.3 Å². The molecule has 0 saturated heterocycles. The predicted octanol–water partition coefficient (Wildman–Crippen LogP) is 1.68. The molecule has 0 radical (unpaired) electrons. The molecule has 0 spiro atoms. The van der Waals surface area contributed by atoms with E-state index in [0.717, 1.165) is 13.1 Å². The van der Waals surface area contributed by atoms with Gasteiger partial charge in [0.15, 0.2) is 5.82 Å². The molecule has 0 aliphatic heterocycles. The first-order valence-electron chi connectivity index (χ1n) is 6.72. The van der Waals surface area contributed by atoms with Crippen molar-refractivity contribution < 1.29 is 4.52 Å². The van der Waals surface area contributed by atoms with E-state index in [-0.39, 0.29) is 0 Å². The second-order valence-electron chi connectivity index (χ2n) is 5.39. The standard InChI is InChI=1S/C14H21N5O/c1-4-19(9-11-5-7-16-8-6-11)10-12-17-13(18-20-12)14(2,3)15/h5-8H,4,9-10,15H2,1-3H3. The third-order valence-electron chi connectivity index (χ3n) is 3.01. The van der Waals surface area contributed by atoms with Gasteiger partial charge in [-0.2, -0.15) is 4.98 Å². The van der Waals surface area contributed by atoms with Gasteiger partial charge in [-0.15, -0.1) is 0 Å². The van der Waals surface area contributed by atoms with Gasteiger partial charge in [0, 0.05) is 18.9 Å². The SMILES string of the molecule is CCN(Cc1ccncc1)Cc1nc(C(C)(C)N)no1. The Morgan fingerprint density at radius 2 is 1.95 bits per heavy atom. The lowest BCUT2D eigenvalue weighted by Gasteiger charge is -2.18. The number of nitrogens with zero attached hydrogens (tertiary/aromatic N) is 4. The van der Waals surface area contributed by atoms with Crippen molar-refractivity contribution in [2.75, 3.05) is 6.54 Å². The summed E-state index contributed by atoms with van der Waals surface area (Å²) in [6, 6.07) is 4.01. The second-order valence-corrected chi connectivity index (χ2v) is 5.39. The van der Waals surface area contributed by atoms with Gasteiger partial charge >= 0.3 is 0 Å². The summed E-state index contributed by atoms with van der Waals surface area (Å²) in [5.74, 6) is 1.13. The van der Waals surface area contributed by atoms with Gasteiger partial charge in [0.05, 0.1) is 12.1 Å². The fourth-order valence-electron chi connectivity index (χ4n) is 1.80. The van der Waals surface area contributed by atoms with E-state index in [1.54, 1.807) is 12.4 Å². The van der Waals surface area contributed by atoms with Crippen LogP contribution >= 0.6 is 0 Å². The topological polar surface area (TPSA) is 81.1 Å². The van der Waals surface area contributed by atoms with E-state index in [1.807, 2.05) is 26.0 Å². The largest absolute Gasteiger partial charge is 0.338 e. The molecule has 0 bridgehead atoms. The Morgan fingerprint density at radius 3 is 2.50 bits per heavy atom. The smallest absolute Gasteiger partial charge is 0.240 e. The molecular weight excluding hydrogens is 254 g/mol. The van der Waals surface area contributed by atoms with E-state index in [9.17, 15) is 0 Å². The van der Waals surface area contributed by atoms with E-state index in [1.165, 1.54) is 5.56 Å². The summed E-state index contributed by atoms with van der Waals surface area (Å²) in [6.45, 7) is 8.15. The molecule has 0 fully saturated rings. The summed E-state index contributed by atoms with van der Waals surface area (Å²) in [5, 5.41) is 3.93. The maximum absolute atomic E-state index is 5.95. The predicted molar refractivity (Wildman–Crippen MR) is 75.5 cm³/mol. The Labute approximate surface area is 119 Å². The van der Waals surface area contributed by atoms with Crippen molar-refractivity contribution in [3.8, 4) is 0 Å². The Kier molecular flexibility index (Phi) is 4.46. The average molecular weight is 275 g/mol. The van der Waals surface area contributed by atoms with Crippen LogP contribution in [0.5, 0.6) is 0 Å². The lowest BCUT2D eigenvalue weighted by molar-refractivity contribution is 0.228. The second kappa shape index (κ2) is 6.11. The van der Waals surface area contributed by atoms with Gasteiger partial charge in [-0.25, -0.2) is 0 Å². The zero-order valence-electron chi connectivity index (χ0n) is 12.2. The number of aromatic nitrogens is 3. The van der Waals surface area contributed by atoms with Crippen molar-refractivity contribution in [3.05, 3.63) is 41.8 Å². The van der Waals surface area contributed by atoms with E-state index >= 15 is 0 Å². The van der Waals surface area contributed by atoms with Crippen molar-refractivity contribution in [1.82, 2.24) is 20.0 Å². The molecule has 0 unspecified atom stereocenters. The number of rotatable bonds is 6. The number of hydrogen-bond acceptors (Lipinski definition) is 6. The summed E-state index contributed by atoms with van der Waals surface area (Å²) < 4.78 is 5.27. The minimum atomic E-state index is -0.579. The monoisotopic (exact) mass is 275 g/mol. The third-order valence-corrected chi connectivity index (χ3v) is 3.01. The third kappa shape index (κ3) is 3.85. The molecule has 0 aliphatic carbocycles. The lowest BCUT2D eigenvalue weighted by Crippen LogP contribution is -2.30. The van der Waals surface area contributed by atoms with Crippen LogP contribution in [0.1, 0.15) is 38.0 Å². The molecule has 6 nitrogen and oxygen atoms in total. The van der Waals surface area contributed by atoms with Gasteiger partial charge in [0.1, 0.15) is 0 Å². The number of nitrogens with two attached hydrogens (primary N) is 1. The van der Waals surface area contributed by atoms with E-state index in [2.05, 4.69) is 26.9 Å². The normalized spacial score (nSPS) is 12.1. The molecule has 6 heteroatoms. The summed E-state index contributed by atoms with van der Waals surface area (Å²) in [7, 11) is 0. The van der Waals surface area contributed by atoms with Crippen molar-refractivity contribution in [1.29, 1.82) is 0 Å². The molecule has 0 aromatic carbocycles. The highest BCUT2D eigenvalue weighted by atomic mass is 16.5. The van der Waals surface area contributed by atoms with Crippen LogP contribution in [0.4, 0.5) is 0 Å². The molecule has 108 valence electrons. The summed E-state index contributed by atoms with van der Waals surface area (Å²) in [4.78, 5) is 10.6. The molecule has 0 saturated carbocycles. The zero-order chi connectivity index (χ0) is 14.6. The Balaban J connectivity index is 2.01. The van der Waals surface area contributed by atoms with Gasteiger partial charge < -0.3 is 10.3 Å². The highest BCUT2D eigenvalue weighted by molar-refractivity contribution is 5.09. The minimum Gasteiger partial charge on any atom is -0.338 e. The molecule has 2 N–H and O–H groups in total. The Bertz CT molecular complexity index is 532. The van der Waals surface area contributed by atoms with Crippen LogP contribution in [-0.4, -0.2) is 26.6 Å². The lowest BCUT2D eigenvalue weighted by atomic mass is 10.1. The van der Waals surface area contributed by atoms with Crippen LogP contribution < -0.4 is 5.73 Å². The molecular formula is C14H21N5O. The molecule has 2 rings (SSSR count). The highest BCUT2D eigenvalue weighted by Gasteiger charge is 2.22. The molecule has 2 aromatic rings. The fraction of sp³-hybridized carbons (Fsp3) is 0.500. The van der Waals surface area contributed by atoms with E-state index in [4.69, 9.17) is 10.3 Å². The van der Waals surface area contributed by atoms with Crippen molar-refractivity contribution in [2.24, 2.45) is 5.73 Å². The maximum atomic E-state index is 5.95. The molecule has 2 heterocycles. The highest BCUT2D eigenvalue weighted by Crippen LogP contribution is 2.14. The van der Waals surface area contributed by atoms with Crippen LogP contribution in [0.15, 0.2) is 29.0 Å². The maximum Gasteiger partial charge on any atom is 0.240 e. The first kappa shape index (κ1) is 14.6. The van der Waals surface area contributed by atoms with Crippen LogP contribution in [0.3, 0.4) is 0 Å². The summed E-state index contributed by atoms with van der Waals surface area (Å²) in [5.41, 5.74) is 6.58. The zero-order valence-corrected chi connectivity index (χ0v) is 12.2. The van der Waals surface area contributed by atoms with Crippen LogP contribution in [0.2, 0.25) is 0 Å². The average Bonchev–Trinajstić information content (AvgIpc) is 2.87. The van der Waals surface area contributed by atoms with Crippen LogP contribution in [0.25, 0.3) is 0 Å². The quantitative estimate of drug-likeness (QED) is 0.864. The molecule has 20 heavy (non-hydrogen) atoms. The van der Waals surface area contributed by atoms with Gasteiger partial charge in [0.25, 0.3) is 0 Å². The van der Waals surface area contributed by atoms with Crippen molar-refractivity contribution in [3.63, 3.8) is 0 Å². The van der Waals surface area contributed by atoms with E-state index < -0.39 is 5.54 Å². The van der Waals surface area contributed by atoms with Gasteiger partial charge in [0.2, 0.25) is 5.89 Å². The Hall–Kier alpha value is -1.79. The van der Waals surface area contributed by atoms with Gasteiger partial charge in [-0.1, -0.05) is 12.1 Å². The van der Waals surface area contributed by atoms with Crippen LogP contribution in [-0.2, 0) is 18.6 Å². The fourth-order valence-corrected chi connectivity index (χ4v) is 1.80. The first-order valence-corrected chi connectivity index (χ1v) is 6.72. The van der Waals surface area contributed by atoms with Crippen molar-refractivity contribution in [2.45, 2.75) is 39.4 Å². The summed E-state index contributed by atoms with van der Waals surface area (Å²) in [6.07, 6.45) is 3.59. The molecule has 2 aromatic heterocycles. The molecule has 0 amide bonds. The molecule has 0 atom stereocenters. The molecule has 0 aliphatic rings.